The van der Waals surface area contributed by atoms with Gasteiger partial charge >= 0.3 is 5.97 Å². The summed E-state index contributed by atoms with van der Waals surface area (Å²) < 4.78 is 1.80. The van der Waals surface area contributed by atoms with Crippen molar-refractivity contribution in [1.82, 2.24) is 19.7 Å². The first-order valence-electron chi connectivity index (χ1n) is 10.3. The van der Waals surface area contributed by atoms with Gasteiger partial charge in [-0.15, -0.1) is 5.10 Å². The second-order valence-corrected chi connectivity index (χ2v) is 7.19. The highest BCUT2D eigenvalue weighted by molar-refractivity contribution is 5.94. The van der Waals surface area contributed by atoms with Crippen molar-refractivity contribution in [3.63, 3.8) is 0 Å². The molecule has 0 aliphatic rings. The van der Waals surface area contributed by atoms with E-state index in [1.165, 1.54) is 0 Å². The van der Waals surface area contributed by atoms with Gasteiger partial charge in [0, 0.05) is 24.6 Å². The molecular weight excluding hydrogens is 380 g/mol. The van der Waals surface area contributed by atoms with Crippen LogP contribution in [0.4, 0.5) is 0 Å². The monoisotopic (exact) mass is 406 g/mol. The second-order valence-electron chi connectivity index (χ2n) is 7.19. The highest BCUT2D eigenvalue weighted by Gasteiger charge is 2.16. The van der Waals surface area contributed by atoms with E-state index in [2.05, 4.69) is 22.0 Å². The first-order valence-corrected chi connectivity index (χ1v) is 10.3. The molecule has 0 saturated carbocycles. The lowest BCUT2D eigenvalue weighted by Gasteiger charge is -2.08. The van der Waals surface area contributed by atoms with Crippen LogP contribution in [-0.2, 0) is 13.0 Å². The molecule has 0 aliphatic carbocycles. The smallest absolute Gasteiger partial charge is 0.337 e. The summed E-state index contributed by atoms with van der Waals surface area (Å²) in [6, 6.07) is 10.7. The van der Waals surface area contributed by atoms with Crippen molar-refractivity contribution in [1.29, 1.82) is 0 Å². The van der Waals surface area contributed by atoms with Crippen LogP contribution in [0.1, 0.15) is 71.9 Å². The van der Waals surface area contributed by atoms with Crippen LogP contribution >= 0.6 is 0 Å². The number of aryl methyl sites for hydroxylation is 1. The Morgan fingerprint density at radius 2 is 1.83 bits per heavy atom. The van der Waals surface area contributed by atoms with E-state index >= 15 is 0 Å². The van der Waals surface area contributed by atoms with Crippen molar-refractivity contribution in [3.8, 4) is 11.3 Å². The molecule has 0 amide bonds. The molecule has 2 heterocycles. The number of pyridine rings is 1. The summed E-state index contributed by atoms with van der Waals surface area (Å²) >= 11 is 0. The standard InChI is InChI=1S/C23H26N4O3/c1-3-5-9-20-25-22(19(28)7-4-2)26-27(20)15-16-10-12-17(13-11-16)21-18(23(29)30)8-6-14-24-21/h6,8,10-14H,3-5,7,9,15H2,1-2H3,(H,29,30). The summed E-state index contributed by atoms with van der Waals surface area (Å²) in [6.07, 6.45) is 5.59. The molecule has 0 spiro atoms. The van der Waals surface area contributed by atoms with E-state index in [-0.39, 0.29) is 11.3 Å². The Labute approximate surface area is 175 Å². The number of Topliss-reactive ketones (excluding diaryl/α,β-unsaturated/α-hetero) is 1. The first kappa shape index (κ1) is 21.4. The fourth-order valence-corrected chi connectivity index (χ4v) is 3.23. The van der Waals surface area contributed by atoms with Gasteiger partial charge in [0.2, 0.25) is 11.6 Å². The zero-order valence-electron chi connectivity index (χ0n) is 17.3. The highest BCUT2D eigenvalue weighted by atomic mass is 16.4. The third-order valence-corrected chi connectivity index (χ3v) is 4.83. The molecule has 0 bridgehead atoms. The van der Waals surface area contributed by atoms with Crippen LogP contribution in [0, 0.1) is 0 Å². The summed E-state index contributed by atoms with van der Waals surface area (Å²) in [5.41, 5.74) is 2.33. The van der Waals surface area contributed by atoms with Crippen LogP contribution in [-0.4, -0.2) is 36.6 Å². The number of carboxylic acid groups (broad SMARTS) is 1. The molecule has 1 aromatic carbocycles. The number of hydrogen-bond acceptors (Lipinski definition) is 5. The largest absolute Gasteiger partial charge is 0.478 e. The van der Waals surface area contributed by atoms with Gasteiger partial charge in [-0.3, -0.25) is 9.78 Å². The molecular formula is C23H26N4O3. The maximum atomic E-state index is 12.2. The average molecular weight is 406 g/mol. The minimum absolute atomic E-state index is 0.0271. The van der Waals surface area contributed by atoms with Gasteiger partial charge in [-0.05, 0) is 30.5 Å². The van der Waals surface area contributed by atoms with E-state index in [0.29, 0.717) is 24.5 Å². The normalized spacial score (nSPS) is 10.9. The maximum Gasteiger partial charge on any atom is 0.337 e. The molecule has 0 atom stereocenters. The van der Waals surface area contributed by atoms with Gasteiger partial charge in [-0.25, -0.2) is 14.5 Å². The zero-order valence-corrected chi connectivity index (χ0v) is 17.3. The number of ketones is 1. The third kappa shape index (κ3) is 4.97. The quantitative estimate of drug-likeness (QED) is 0.501. The van der Waals surface area contributed by atoms with Crippen molar-refractivity contribution < 1.29 is 14.7 Å². The number of benzene rings is 1. The predicted molar refractivity (Wildman–Crippen MR) is 114 cm³/mol. The Morgan fingerprint density at radius 3 is 2.50 bits per heavy atom. The molecule has 0 fully saturated rings. The van der Waals surface area contributed by atoms with E-state index in [9.17, 15) is 14.7 Å². The highest BCUT2D eigenvalue weighted by Crippen LogP contribution is 2.22. The van der Waals surface area contributed by atoms with E-state index < -0.39 is 5.97 Å². The van der Waals surface area contributed by atoms with Gasteiger partial charge in [0.1, 0.15) is 5.82 Å². The molecule has 1 N–H and O–H groups in total. The van der Waals surface area contributed by atoms with E-state index in [0.717, 1.165) is 42.6 Å². The van der Waals surface area contributed by atoms with Crippen molar-refractivity contribution in [2.24, 2.45) is 0 Å². The van der Waals surface area contributed by atoms with Gasteiger partial charge < -0.3 is 5.11 Å². The van der Waals surface area contributed by atoms with Crippen LogP contribution in [0.5, 0.6) is 0 Å². The van der Waals surface area contributed by atoms with Gasteiger partial charge in [0.05, 0.1) is 17.8 Å². The second kappa shape index (κ2) is 9.91. The number of carboxylic acids is 1. The molecule has 3 rings (SSSR count). The SMILES string of the molecule is CCCCc1nc(C(=O)CCC)nn1Cc1ccc(-c2ncccc2C(=O)O)cc1. The molecule has 156 valence electrons. The fourth-order valence-electron chi connectivity index (χ4n) is 3.23. The maximum absolute atomic E-state index is 12.2. The first-order chi connectivity index (χ1) is 14.5. The fraction of sp³-hybridized carbons (Fsp3) is 0.348. The van der Waals surface area contributed by atoms with Gasteiger partial charge in [0.25, 0.3) is 0 Å². The molecule has 7 nitrogen and oxygen atoms in total. The molecule has 0 saturated heterocycles. The number of aromatic nitrogens is 4. The number of hydrogen-bond donors (Lipinski definition) is 1. The molecule has 30 heavy (non-hydrogen) atoms. The van der Waals surface area contributed by atoms with Crippen LogP contribution < -0.4 is 0 Å². The summed E-state index contributed by atoms with van der Waals surface area (Å²) in [5, 5.41) is 13.8. The Kier molecular flexibility index (Phi) is 7.06. The predicted octanol–water partition coefficient (Wildman–Crippen LogP) is 4.41. The van der Waals surface area contributed by atoms with Gasteiger partial charge in [-0.1, -0.05) is 44.5 Å². The van der Waals surface area contributed by atoms with E-state index in [4.69, 9.17) is 0 Å². The minimum atomic E-state index is -1.00. The zero-order chi connectivity index (χ0) is 21.5. The van der Waals surface area contributed by atoms with Crippen LogP contribution in [0.25, 0.3) is 11.3 Å². The summed E-state index contributed by atoms with van der Waals surface area (Å²) in [6.45, 7) is 4.58. The molecule has 2 aromatic heterocycles. The Bertz CT molecular complexity index is 1030. The van der Waals surface area contributed by atoms with E-state index in [1.807, 2.05) is 31.2 Å². The lowest BCUT2D eigenvalue weighted by molar-refractivity contribution is 0.0697. The number of rotatable bonds is 10. The number of unbranched alkanes of at least 4 members (excludes halogenated alkanes) is 1. The lowest BCUT2D eigenvalue weighted by atomic mass is 10.0. The molecule has 0 aliphatic heterocycles. The topological polar surface area (TPSA) is 98.0 Å². The van der Waals surface area contributed by atoms with Crippen LogP contribution in [0.2, 0.25) is 0 Å². The Balaban J connectivity index is 1.84. The van der Waals surface area contributed by atoms with Crippen molar-refractivity contribution in [2.45, 2.75) is 52.5 Å². The summed E-state index contributed by atoms with van der Waals surface area (Å²) in [4.78, 5) is 32.4. The average Bonchev–Trinajstić information content (AvgIpc) is 3.15. The molecule has 3 aromatic rings. The van der Waals surface area contributed by atoms with Crippen molar-refractivity contribution >= 4 is 11.8 Å². The molecule has 7 heteroatoms. The minimum Gasteiger partial charge on any atom is -0.478 e. The van der Waals surface area contributed by atoms with Crippen LogP contribution in [0.15, 0.2) is 42.6 Å². The third-order valence-electron chi connectivity index (χ3n) is 4.83. The van der Waals surface area contributed by atoms with E-state index in [1.54, 1.807) is 23.0 Å². The molecule has 0 radical (unpaired) electrons. The summed E-state index contributed by atoms with van der Waals surface area (Å²) in [5.74, 6) is 0.0766. The Morgan fingerprint density at radius 1 is 1.07 bits per heavy atom. The van der Waals surface area contributed by atoms with Crippen molar-refractivity contribution in [3.05, 3.63) is 65.4 Å². The summed E-state index contributed by atoms with van der Waals surface area (Å²) in [7, 11) is 0. The Hall–Kier alpha value is -3.35. The number of aromatic carboxylic acids is 1. The van der Waals surface area contributed by atoms with Crippen molar-refractivity contribution in [2.75, 3.05) is 0 Å². The van der Waals surface area contributed by atoms with Gasteiger partial charge in [-0.2, -0.15) is 0 Å². The lowest BCUT2D eigenvalue weighted by Crippen LogP contribution is -2.08. The number of carbonyl (C=O) groups is 2. The van der Waals surface area contributed by atoms with Gasteiger partial charge in [0.15, 0.2) is 0 Å². The van der Waals surface area contributed by atoms with Crippen LogP contribution in [0.3, 0.4) is 0 Å². The number of carbonyl (C=O) groups excluding carboxylic acids is 1. The number of nitrogens with zero attached hydrogens (tertiary/aromatic N) is 4. The molecule has 0 unspecified atom stereocenters.